The van der Waals surface area contributed by atoms with E-state index in [0.29, 0.717) is 0 Å². The number of hydrogen-bond acceptors (Lipinski definition) is 41. The van der Waals surface area contributed by atoms with Crippen LogP contribution in [0.3, 0.4) is 0 Å². The van der Waals surface area contributed by atoms with Gasteiger partial charge in [-0.1, -0.05) is 0 Å². The molecule has 45 heteroatoms. The van der Waals surface area contributed by atoms with Crippen LogP contribution in [0.25, 0.3) is 0 Å². The molecule has 8 rings (SSSR count). The van der Waals surface area contributed by atoms with Crippen LogP contribution in [0.15, 0.2) is 0 Å². The lowest BCUT2D eigenvalue weighted by molar-refractivity contribution is -0.404. The van der Waals surface area contributed by atoms with Gasteiger partial charge in [-0.15, -0.1) is 0 Å². The van der Waals surface area contributed by atoms with E-state index in [-0.39, 0.29) is 0 Å². The Balaban J connectivity index is 1.17. The molecule has 101 heavy (non-hydrogen) atoms. The van der Waals surface area contributed by atoms with Crippen LogP contribution in [0.4, 0.5) is 0 Å². The third kappa shape index (κ3) is 18.5. The van der Waals surface area contributed by atoms with Crippen LogP contribution in [0, 0.1) is 0 Å². The third-order valence-electron chi connectivity index (χ3n) is 18.2. The van der Waals surface area contributed by atoms with Crippen LogP contribution in [0.1, 0.15) is 27.7 Å². The second kappa shape index (κ2) is 36.3. The smallest absolute Gasteiger partial charge is 0.217 e. The van der Waals surface area contributed by atoms with E-state index in [0.717, 1.165) is 27.7 Å². The minimum Gasteiger partial charge on any atom is -0.394 e. The van der Waals surface area contributed by atoms with Crippen LogP contribution in [0.5, 0.6) is 0 Å². The molecule has 8 aliphatic rings. The molecule has 0 aromatic rings. The summed E-state index contributed by atoms with van der Waals surface area (Å²) in [4.78, 5) is 50.6. The first-order chi connectivity index (χ1) is 47.8. The summed E-state index contributed by atoms with van der Waals surface area (Å²) in [6.07, 6.45) is -74.0. The average molecular weight is 1480 g/mol. The molecule has 26 N–H and O–H groups in total. The predicted molar refractivity (Wildman–Crippen MR) is 311 cm³/mol. The van der Waals surface area contributed by atoms with Crippen LogP contribution in [-0.4, -0.2) is 434 Å². The molecule has 8 heterocycles. The van der Waals surface area contributed by atoms with Gasteiger partial charge in [0, 0.05) is 27.7 Å². The zero-order valence-corrected chi connectivity index (χ0v) is 54.3. The van der Waals surface area contributed by atoms with E-state index < -0.39 is 322 Å². The fraction of sp³-hybridized carbons (Fsp3) is 0.929. The summed E-state index contributed by atoms with van der Waals surface area (Å²) < 4.78 is 88.9. The molecule has 40 atom stereocenters. The highest BCUT2D eigenvalue weighted by Gasteiger charge is 2.61. The molecule has 0 unspecified atom stereocenters. The summed E-state index contributed by atoms with van der Waals surface area (Å²) in [6.45, 7) is -4.64. The van der Waals surface area contributed by atoms with Gasteiger partial charge in [-0.25, -0.2) is 0 Å². The van der Waals surface area contributed by atoms with E-state index in [1.54, 1.807) is 0 Å². The molecule has 8 fully saturated rings. The van der Waals surface area contributed by atoms with Gasteiger partial charge in [0.2, 0.25) is 23.6 Å². The van der Waals surface area contributed by atoms with Gasteiger partial charge < -0.3 is 205 Å². The SMILES string of the molecule is CC(=O)N[C@@H]1[C@@H](O)[C@H](O[C@@H]2O[C@H](CO)[C@@H](O[C@@H]3O[C@H](CO[C@H]4O[C@H](CO)[C@@H](O)[C@H](O)[C@@H]4O)[C@@H](O)[C@H](O[C@H]4O[C@H](CO)[C@@H](O[C@@H]5O[C@H](CO)[C@@H](O)[C@H](O)[C@H]5NC(C)=O)[C@H](O)[C@@H]4O[C@@H]4O[C@H](CO)[C@@H](O[C@@H]5O[C@H](CO)[C@H](O)[C@H](O)[C@H]5O)[C@H](O)[C@H]4NC(C)=O)[C@@H]3O)[C@H](O)[C@H]2NC(C)=O)[C@@H](CO)O[C@H]1O. The Kier molecular flexibility index (Phi) is 29.9. The Bertz CT molecular complexity index is 2640. The Morgan fingerprint density at radius 1 is 0.257 bits per heavy atom. The van der Waals surface area contributed by atoms with Gasteiger partial charge in [0.15, 0.2) is 50.3 Å². The molecule has 45 nitrogen and oxygen atoms in total. The molecular formula is C56H94N4O41. The number of amides is 4. The van der Waals surface area contributed by atoms with Crippen molar-refractivity contribution in [2.45, 2.75) is 273 Å². The van der Waals surface area contributed by atoms with E-state index >= 15 is 0 Å². The largest absolute Gasteiger partial charge is 0.394 e. The lowest BCUT2D eigenvalue weighted by Crippen LogP contribution is -2.71. The average Bonchev–Trinajstić information content (AvgIpc) is 0.765. The fourth-order valence-corrected chi connectivity index (χ4v) is 13.0. The minimum atomic E-state index is -2.54. The van der Waals surface area contributed by atoms with Crippen LogP contribution >= 0.6 is 0 Å². The second-order valence-corrected chi connectivity index (χ2v) is 25.4. The summed E-state index contributed by atoms with van der Waals surface area (Å²) in [7, 11) is 0. The lowest BCUT2D eigenvalue weighted by Gasteiger charge is -2.52. The van der Waals surface area contributed by atoms with E-state index in [2.05, 4.69) is 21.3 Å². The van der Waals surface area contributed by atoms with Crippen LogP contribution in [-0.2, 0) is 90.2 Å². The van der Waals surface area contributed by atoms with Gasteiger partial charge in [0.05, 0.1) is 52.9 Å². The molecule has 0 spiro atoms. The van der Waals surface area contributed by atoms with Crippen molar-refractivity contribution < 1.29 is 203 Å². The summed E-state index contributed by atoms with van der Waals surface area (Å²) in [5, 5.41) is 252. The van der Waals surface area contributed by atoms with Gasteiger partial charge in [0.25, 0.3) is 0 Å². The van der Waals surface area contributed by atoms with Crippen molar-refractivity contribution in [1.29, 1.82) is 0 Å². The summed E-state index contributed by atoms with van der Waals surface area (Å²) >= 11 is 0. The first-order valence-corrected chi connectivity index (χ1v) is 32.1. The molecule has 584 valence electrons. The van der Waals surface area contributed by atoms with E-state index in [4.69, 9.17) is 71.1 Å². The van der Waals surface area contributed by atoms with Gasteiger partial charge in [0.1, 0.15) is 195 Å². The number of ether oxygens (including phenoxy) is 15. The number of nitrogens with one attached hydrogen (secondary N) is 4. The second-order valence-electron chi connectivity index (χ2n) is 25.4. The monoisotopic (exact) mass is 1480 g/mol. The molecule has 0 aromatic carbocycles. The fourth-order valence-electron chi connectivity index (χ4n) is 13.0. The summed E-state index contributed by atoms with van der Waals surface area (Å²) in [6, 6.07) is -7.27. The maximum Gasteiger partial charge on any atom is 0.217 e. The number of rotatable bonds is 26. The van der Waals surface area contributed by atoms with Crippen molar-refractivity contribution in [3.63, 3.8) is 0 Å². The van der Waals surface area contributed by atoms with Crippen LogP contribution < -0.4 is 21.3 Å². The van der Waals surface area contributed by atoms with Crippen molar-refractivity contribution in [2.75, 3.05) is 52.9 Å². The van der Waals surface area contributed by atoms with E-state index in [1.165, 1.54) is 0 Å². The highest BCUT2D eigenvalue weighted by atomic mass is 16.8. The molecule has 0 aliphatic carbocycles. The first-order valence-electron chi connectivity index (χ1n) is 32.1. The standard InChI is InChI=1S/C56H94N4O41/c1-13(68)57-25-34(77)43(20(8-64)88-49(25)86)96-51-27(59-15(3)70)35(78)45(22(10-66)92-51)99-55-42(85)47(32(75)24(95-55)12-87-53-39(82)37(80)30(73)18(6-62)90-53)100-56-48(41(84)46(23(11-67)94-56)97-50-26(58-14(2)69)33(76)29(72)17(5-61)89-50)101-52-28(60-16(4)71)36(79)44(21(9-65)93-52)98-54-40(83)38(81)31(74)19(7-63)91-54/h17-56,61-67,72-86H,5-12H2,1-4H3,(H,57,68)(H,58,69)(H,59,70)(H,60,71)/t17-,18-,19-,20-,21-,22-,23-,24-,25-,26-,27-,28-,29-,30-,31+,32-,33-,34-,35-,36-,37+,38+,39+,40-,41+,42+,43-,44-,45-,46-,47+,48+,49-,50+,51+,52+,53+,54+,55+,56-/m1/s1. The number of hydrogen-bond donors (Lipinski definition) is 26. The minimum absolute atomic E-state index is 0.768. The first kappa shape index (κ1) is 83.0. The predicted octanol–water partition coefficient (Wildman–Crippen LogP) is -17.9. The highest BCUT2D eigenvalue weighted by Crippen LogP contribution is 2.40. The maximum atomic E-state index is 13.1. The van der Waals surface area contributed by atoms with E-state index in [9.17, 15) is 132 Å². The Morgan fingerprint density at radius 2 is 0.545 bits per heavy atom. The number of carbonyl (C=O) groups is 4. The van der Waals surface area contributed by atoms with Crippen molar-refractivity contribution >= 4 is 23.6 Å². The highest BCUT2D eigenvalue weighted by molar-refractivity contribution is 5.74. The number of carbonyl (C=O) groups excluding carboxylic acids is 4. The molecule has 0 radical (unpaired) electrons. The third-order valence-corrected chi connectivity index (χ3v) is 18.2. The maximum absolute atomic E-state index is 13.1. The summed E-state index contributed by atoms with van der Waals surface area (Å²) in [5.74, 6) is -3.52. The zero-order chi connectivity index (χ0) is 74.5. The van der Waals surface area contributed by atoms with Gasteiger partial charge in [-0.3, -0.25) is 19.2 Å². The Morgan fingerprint density at radius 3 is 0.970 bits per heavy atom. The Labute approximate surface area is 572 Å². The topological polar surface area (TPSA) is 700 Å². The Hall–Kier alpha value is -3.60. The number of aliphatic hydroxyl groups is 22. The quantitative estimate of drug-likeness (QED) is 0.0382. The molecule has 8 aliphatic heterocycles. The lowest BCUT2D eigenvalue weighted by atomic mass is 9.93. The molecule has 8 saturated heterocycles. The molecule has 4 amide bonds. The molecular weight excluding hydrogens is 1380 g/mol. The van der Waals surface area contributed by atoms with Crippen molar-refractivity contribution in [3.05, 3.63) is 0 Å². The normalized spacial score (nSPS) is 48.3. The van der Waals surface area contributed by atoms with Gasteiger partial charge >= 0.3 is 0 Å². The zero-order valence-electron chi connectivity index (χ0n) is 54.3. The van der Waals surface area contributed by atoms with Crippen molar-refractivity contribution in [2.24, 2.45) is 0 Å². The molecule has 0 aromatic heterocycles. The van der Waals surface area contributed by atoms with Crippen molar-refractivity contribution in [1.82, 2.24) is 21.3 Å². The van der Waals surface area contributed by atoms with Crippen molar-refractivity contribution in [3.8, 4) is 0 Å². The van der Waals surface area contributed by atoms with E-state index in [1.807, 2.05) is 0 Å². The molecule has 0 saturated carbocycles. The van der Waals surface area contributed by atoms with Gasteiger partial charge in [-0.2, -0.15) is 0 Å². The summed E-state index contributed by atoms with van der Waals surface area (Å²) in [5.41, 5.74) is 0. The van der Waals surface area contributed by atoms with Gasteiger partial charge in [-0.05, 0) is 0 Å². The number of aliphatic hydroxyl groups excluding tert-OH is 22. The molecule has 0 bridgehead atoms. The van der Waals surface area contributed by atoms with Crippen LogP contribution in [0.2, 0.25) is 0 Å².